The van der Waals surface area contributed by atoms with E-state index in [1.165, 1.54) is 4.90 Å². The van der Waals surface area contributed by atoms with Crippen molar-refractivity contribution < 1.29 is 28.6 Å². The van der Waals surface area contributed by atoms with Crippen molar-refractivity contribution >= 4 is 18.0 Å². The van der Waals surface area contributed by atoms with Crippen LogP contribution in [0.2, 0.25) is 0 Å². The number of carbonyl (C=O) groups is 3. The van der Waals surface area contributed by atoms with Crippen molar-refractivity contribution in [1.29, 1.82) is 0 Å². The fourth-order valence-electron chi connectivity index (χ4n) is 2.33. The lowest BCUT2D eigenvalue weighted by atomic mass is 10.0. The summed E-state index contributed by atoms with van der Waals surface area (Å²) in [6, 6.07) is -0.992. The maximum absolute atomic E-state index is 12.2. The third kappa shape index (κ3) is 4.61. The summed E-state index contributed by atoms with van der Waals surface area (Å²) in [6.45, 7) is 9.23. The van der Waals surface area contributed by atoms with Crippen molar-refractivity contribution in [3.8, 4) is 0 Å². The lowest BCUT2D eigenvalue weighted by Crippen LogP contribution is -2.47. The second-order valence-corrected chi connectivity index (χ2v) is 6.02. The summed E-state index contributed by atoms with van der Waals surface area (Å²) in [6.07, 6.45) is -0.279. The van der Waals surface area contributed by atoms with Gasteiger partial charge in [0.15, 0.2) is 0 Å². The molecule has 0 bridgehead atoms. The van der Waals surface area contributed by atoms with Gasteiger partial charge >= 0.3 is 18.0 Å². The summed E-state index contributed by atoms with van der Waals surface area (Å²) in [5.41, 5.74) is -0.682. The lowest BCUT2D eigenvalue weighted by Gasteiger charge is -2.28. The Kier molecular flexibility index (Phi) is 6.20. The molecule has 0 saturated carbocycles. The van der Waals surface area contributed by atoms with Crippen LogP contribution in [0.3, 0.4) is 0 Å². The van der Waals surface area contributed by atoms with Gasteiger partial charge in [0.05, 0.1) is 19.1 Å². The van der Waals surface area contributed by atoms with Crippen LogP contribution in [-0.2, 0) is 23.8 Å². The number of hydrogen-bond donors (Lipinski definition) is 0. The van der Waals surface area contributed by atoms with E-state index in [1.807, 2.05) is 0 Å². The highest BCUT2D eigenvalue weighted by Gasteiger charge is 2.48. The average Bonchev–Trinajstić information content (AvgIpc) is 2.82. The molecule has 7 heteroatoms. The minimum atomic E-state index is -0.992. The van der Waals surface area contributed by atoms with Gasteiger partial charge in [0.2, 0.25) is 0 Å². The van der Waals surface area contributed by atoms with Gasteiger partial charge in [0, 0.05) is 6.54 Å². The fourth-order valence-corrected chi connectivity index (χ4v) is 2.33. The van der Waals surface area contributed by atoms with E-state index in [4.69, 9.17) is 14.2 Å². The van der Waals surface area contributed by atoms with E-state index in [0.29, 0.717) is 6.42 Å². The summed E-state index contributed by atoms with van der Waals surface area (Å²) in [4.78, 5) is 37.7. The van der Waals surface area contributed by atoms with Crippen molar-refractivity contribution in [3.63, 3.8) is 0 Å². The van der Waals surface area contributed by atoms with E-state index in [2.05, 4.69) is 0 Å². The predicted molar refractivity (Wildman–Crippen MR) is 78.1 cm³/mol. The molecule has 126 valence electrons. The molecule has 0 spiro atoms. The Bertz CT molecular complexity index is 428. The van der Waals surface area contributed by atoms with Gasteiger partial charge in [-0.3, -0.25) is 9.69 Å². The SMILES string of the molecule is CCOC(=O)[C@H]1CCN(C(=O)OC(C)(C)C)[C@H]1C(=O)OCC. The Balaban J connectivity index is 2.94. The first-order valence-electron chi connectivity index (χ1n) is 7.54. The topological polar surface area (TPSA) is 82.1 Å². The number of amides is 1. The third-order valence-corrected chi connectivity index (χ3v) is 3.14. The molecule has 1 saturated heterocycles. The number of carbonyl (C=O) groups excluding carboxylic acids is 3. The largest absolute Gasteiger partial charge is 0.466 e. The zero-order valence-corrected chi connectivity index (χ0v) is 13.9. The second-order valence-electron chi connectivity index (χ2n) is 6.02. The van der Waals surface area contributed by atoms with Gasteiger partial charge in [-0.15, -0.1) is 0 Å². The number of rotatable bonds is 4. The first-order chi connectivity index (χ1) is 10.2. The minimum absolute atomic E-state index is 0.174. The van der Waals surface area contributed by atoms with E-state index in [1.54, 1.807) is 34.6 Å². The molecule has 1 heterocycles. The molecule has 1 fully saturated rings. The maximum Gasteiger partial charge on any atom is 0.411 e. The fraction of sp³-hybridized carbons (Fsp3) is 0.800. The van der Waals surface area contributed by atoms with Crippen molar-refractivity contribution in [3.05, 3.63) is 0 Å². The van der Waals surface area contributed by atoms with Gasteiger partial charge in [-0.1, -0.05) is 0 Å². The summed E-state index contributed by atoms with van der Waals surface area (Å²) < 4.78 is 15.3. The van der Waals surface area contributed by atoms with Crippen LogP contribution < -0.4 is 0 Å². The number of nitrogens with zero attached hydrogens (tertiary/aromatic N) is 1. The quantitative estimate of drug-likeness (QED) is 0.580. The first kappa shape index (κ1) is 18.3. The van der Waals surface area contributed by atoms with Gasteiger partial charge in [-0.2, -0.15) is 0 Å². The lowest BCUT2D eigenvalue weighted by molar-refractivity contribution is -0.158. The number of hydrogen-bond acceptors (Lipinski definition) is 6. The van der Waals surface area contributed by atoms with Crippen molar-refractivity contribution in [1.82, 2.24) is 4.90 Å². The van der Waals surface area contributed by atoms with Gasteiger partial charge in [0.25, 0.3) is 0 Å². The second kappa shape index (κ2) is 7.47. The van der Waals surface area contributed by atoms with E-state index < -0.39 is 35.6 Å². The molecule has 0 aromatic carbocycles. The minimum Gasteiger partial charge on any atom is -0.466 e. The summed E-state index contributed by atoms with van der Waals surface area (Å²) in [5.74, 6) is -1.82. The highest BCUT2D eigenvalue weighted by molar-refractivity contribution is 5.89. The van der Waals surface area contributed by atoms with Crippen LogP contribution in [0.1, 0.15) is 41.0 Å². The maximum atomic E-state index is 12.2. The van der Waals surface area contributed by atoms with E-state index in [0.717, 1.165) is 0 Å². The van der Waals surface area contributed by atoms with Crippen molar-refractivity contribution in [2.45, 2.75) is 52.7 Å². The number of esters is 2. The van der Waals surface area contributed by atoms with Gasteiger partial charge < -0.3 is 14.2 Å². The molecule has 0 aliphatic carbocycles. The van der Waals surface area contributed by atoms with Crippen LogP contribution >= 0.6 is 0 Å². The molecular formula is C15H25NO6. The monoisotopic (exact) mass is 315 g/mol. The normalized spacial score (nSPS) is 21.4. The zero-order chi connectivity index (χ0) is 16.9. The van der Waals surface area contributed by atoms with Gasteiger partial charge in [0.1, 0.15) is 11.6 Å². The summed E-state index contributed by atoms with van der Waals surface area (Å²) >= 11 is 0. The van der Waals surface area contributed by atoms with Gasteiger partial charge in [-0.25, -0.2) is 9.59 Å². The highest BCUT2D eigenvalue weighted by atomic mass is 16.6. The van der Waals surface area contributed by atoms with Crippen LogP contribution in [0.5, 0.6) is 0 Å². The van der Waals surface area contributed by atoms with Crippen LogP contribution in [0.4, 0.5) is 4.79 Å². The third-order valence-electron chi connectivity index (χ3n) is 3.14. The van der Waals surface area contributed by atoms with E-state index in [-0.39, 0.29) is 19.8 Å². The average molecular weight is 315 g/mol. The standard InChI is InChI=1S/C15H25NO6/c1-6-20-12(17)10-8-9-16(11(10)13(18)21-7-2)14(19)22-15(3,4)5/h10-11H,6-9H2,1-5H3/t10-,11+/m0/s1. The molecule has 1 aliphatic rings. The number of likely N-dealkylation sites (tertiary alicyclic amines) is 1. The number of ether oxygens (including phenoxy) is 3. The first-order valence-corrected chi connectivity index (χ1v) is 7.54. The molecule has 0 radical (unpaired) electrons. The van der Waals surface area contributed by atoms with Crippen LogP contribution in [0.15, 0.2) is 0 Å². The zero-order valence-electron chi connectivity index (χ0n) is 13.9. The molecule has 0 unspecified atom stereocenters. The summed E-state index contributed by atoms with van der Waals surface area (Å²) in [5, 5.41) is 0. The van der Waals surface area contributed by atoms with E-state index >= 15 is 0 Å². The van der Waals surface area contributed by atoms with Crippen LogP contribution in [0.25, 0.3) is 0 Å². The molecule has 7 nitrogen and oxygen atoms in total. The Labute approximate surface area is 130 Å². The van der Waals surface area contributed by atoms with Crippen LogP contribution in [-0.4, -0.2) is 54.3 Å². The molecule has 1 rings (SSSR count). The molecule has 0 aromatic rings. The molecule has 0 N–H and O–H groups in total. The molecule has 22 heavy (non-hydrogen) atoms. The van der Waals surface area contributed by atoms with E-state index in [9.17, 15) is 14.4 Å². The Morgan fingerprint density at radius 1 is 1.05 bits per heavy atom. The highest BCUT2D eigenvalue weighted by Crippen LogP contribution is 2.28. The Morgan fingerprint density at radius 3 is 2.09 bits per heavy atom. The summed E-state index contributed by atoms with van der Waals surface area (Å²) in [7, 11) is 0. The molecule has 0 aromatic heterocycles. The Hall–Kier alpha value is -1.79. The van der Waals surface area contributed by atoms with Crippen LogP contribution in [0, 0.1) is 5.92 Å². The Morgan fingerprint density at radius 2 is 1.59 bits per heavy atom. The molecule has 1 aliphatic heterocycles. The molecule has 2 atom stereocenters. The van der Waals surface area contributed by atoms with Crippen molar-refractivity contribution in [2.24, 2.45) is 5.92 Å². The smallest absolute Gasteiger partial charge is 0.411 e. The molecule has 1 amide bonds. The van der Waals surface area contributed by atoms with Gasteiger partial charge in [-0.05, 0) is 41.0 Å². The van der Waals surface area contributed by atoms with Crippen molar-refractivity contribution in [2.75, 3.05) is 19.8 Å². The predicted octanol–water partition coefficient (Wildman–Crippen LogP) is 1.74. The molecular weight excluding hydrogens is 290 g/mol.